The van der Waals surface area contributed by atoms with Gasteiger partial charge in [-0.3, -0.25) is 19.2 Å². The van der Waals surface area contributed by atoms with Gasteiger partial charge in [-0.25, -0.2) is 28.8 Å². The molecular formula is C63H77NO18. The number of ether oxygens (including phenoxy) is 6. The number of ketones is 3. The Bertz CT molecular complexity index is 2470. The average molecular weight is 1140 g/mol. The van der Waals surface area contributed by atoms with Crippen LogP contribution in [0.2, 0.25) is 0 Å². The topological polar surface area (TPSA) is 284 Å². The summed E-state index contributed by atoms with van der Waals surface area (Å²) in [5.74, 6) is -0.0218. The first kappa shape index (κ1) is 88.1. The van der Waals surface area contributed by atoms with E-state index >= 15 is 0 Å². The van der Waals surface area contributed by atoms with Crippen molar-refractivity contribution in [1.29, 1.82) is 5.26 Å². The van der Waals surface area contributed by atoms with Gasteiger partial charge in [-0.1, -0.05) is 156 Å². The first-order chi connectivity index (χ1) is 38.9. The highest BCUT2D eigenvalue weighted by Gasteiger charge is 2.10. The summed E-state index contributed by atoms with van der Waals surface area (Å²) in [5.41, 5.74) is 1.02. The summed E-state index contributed by atoms with van der Waals surface area (Å²) in [7, 11) is 6.20. The molecule has 19 nitrogen and oxygen atoms in total. The molecule has 82 heavy (non-hydrogen) atoms. The third-order valence-corrected chi connectivity index (χ3v) is 7.26. The van der Waals surface area contributed by atoms with Crippen molar-refractivity contribution in [2.75, 3.05) is 35.5 Å². The van der Waals surface area contributed by atoms with Crippen LogP contribution >= 0.6 is 0 Å². The maximum atomic E-state index is 10.4. The molecule has 0 saturated heterocycles. The fraction of sp³-hybridized carbons (Fsp3) is 0.238. The molecular weight excluding hydrogens is 1060 g/mol. The predicted molar refractivity (Wildman–Crippen MR) is 315 cm³/mol. The molecule has 19 heteroatoms. The number of hydrogen-bond donors (Lipinski definition) is 0. The van der Waals surface area contributed by atoms with Crippen LogP contribution in [0.4, 0.5) is 0 Å². The highest BCUT2D eigenvalue weighted by Crippen LogP contribution is 2.01. The summed E-state index contributed by atoms with van der Waals surface area (Å²) in [6, 6.07) is 9.50. The van der Waals surface area contributed by atoms with Gasteiger partial charge in [-0.15, -0.1) is 0 Å². The van der Waals surface area contributed by atoms with Crippen molar-refractivity contribution in [2.45, 2.75) is 65.7 Å². The van der Waals surface area contributed by atoms with E-state index < -0.39 is 35.8 Å². The molecule has 0 spiro atoms. The molecule has 0 radical (unpaired) electrons. The lowest BCUT2D eigenvalue weighted by Gasteiger charge is -1.96. The van der Waals surface area contributed by atoms with E-state index in [4.69, 9.17) is 14.9 Å². The monoisotopic (exact) mass is 1140 g/mol. The Morgan fingerprint density at radius 3 is 1.10 bits per heavy atom. The molecule has 0 atom stereocenters. The minimum atomic E-state index is -0.759. The first-order valence-electron chi connectivity index (χ1n) is 23.7. The average Bonchev–Trinajstić information content (AvgIpc) is 4.22. The molecule has 0 aromatic heterocycles. The predicted octanol–water partition coefficient (Wildman–Crippen LogP) is 8.17. The first-order valence-corrected chi connectivity index (χ1v) is 23.7. The number of carbonyl (C=O) groups excluding carboxylic acids is 12. The molecule has 0 saturated carbocycles. The number of nitrogens with zero attached hydrogens (tertiary/aromatic N) is 1. The van der Waals surface area contributed by atoms with Crippen LogP contribution in [0.1, 0.15) is 65.7 Å². The fourth-order valence-corrected chi connectivity index (χ4v) is 3.18. The minimum Gasteiger partial charge on any atom is -0.469 e. The number of carbonyl (C=O) groups is 10. The van der Waals surface area contributed by atoms with E-state index in [1.165, 1.54) is 79.6 Å². The van der Waals surface area contributed by atoms with E-state index in [-0.39, 0.29) is 29.5 Å². The maximum Gasteiger partial charge on any atom is 0.384 e. The van der Waals surface area contributed by atoms with Crippen molar-refractivity contribution in [2.24, 2.45) is 0 Å². The molecule has 5 rings (SSSR count). The largest absolute Gasteiger partial charge is 0.469 e. The molecule has 0 fully saturated rings. The van der Waals surface area contributed by atoms with Crippen molar-refractivity contribution in [3.8, 4) is 17.9 Å². The van der Waals surface area contributed by atoms with Gasteiger partial charge in [0.25, 0.3) is 0 Å². The molecule has 1 aliphatic heterocycles. The summed E-state index contributed by atoms with van der Waals surface area (Å²) in [6.45, 7) is 32.9. The van der Waals surface area contributed by atoms with Gasteiger partial charge in [0, 0.05) is 61.5 Å². The van der Waals surface area contributed by atoms with Crippen molar-refractivity contribution in [3.05, 3.63) is 195 Å². The Hall–Kier alpha value is -10.5. The zero-order valence-electron chi connectivity index (χ0n) is 48.2. The van der Waals surface area contributed by atoms with Gasteiger partial charge in [-0.2, -0.15) is 14.9 Å². The van der Waals surface area contributed by atoms with Gasteiger partial charge in [0.15, 0.2) is 17.3 Å². The third-order valence-electron chi connectivity index (χ3n) is 7.26. The molecule has 1 aromatic carbocycles. The summed E-state index contributed by atoms with van der Waals surface area (Å²) in [6.07, 6.45) is 37.2. The van der Waals surface area contributed by atoms with Crippen molar-refractivity contribution in [3.63, 3.8) is 0 Å². The Balaban J connectivity index is -0.000000122. The maximum absolute atomic E-state index is 10.4. The fourth-order valence-electron chi connectivity index (χ4n) is 3.18. The van der Waals surface area contributed by atoms with Gasteiger partial charge in [-0.05, 0) is 68.2 Å². The summed E-state index contributed by atoms with van der Waals surface area (Å²) in [4.78, 5) is 118. The van der Waals surface area contributed by atoms with Crippen molar-refractivity contribution in [1.82, 2.24) is 0 Å². The van der Waals surface area contributed by atoms with Crippen LogP contribution in [-0.2, 0) is 86.0 Å². The lowest BCUT2D eigenvalue weighted by molar-refractivity contribution is -0.192. The Kier molecular flexibility index (Phi) is 78.0. The SMILES string of the molecule is C1=CCC=C1.C1=CCCC=C1.C=CC#N.C=CC(=C)C.C=CC(C)=O.C=CC=C.C=c1ccccc1=C.CCCC(=O)OC.COC(=O)/C=C\C(=O)OC.COC(=O)C#CC(=O)OC.O=C1C=CC(=O)CC1.O=C1C=CC(=O)O1.O=C=O. The molecule has 0 amide bonds. The van der Waals surface area contributed by atoms with E-state index in [2.05, 4.69) is 130 Å². The quantitative estimate of drug-likeness (QED) is 0.0363. The van der Waals surface area contributed by atoms with E-state index in [0.29, 0.717) is 19.3 Å². The molecule has 442 valence electrons. The highest BCUT2D eigenvalue weighted by molar-refractivity contribution is 6.05. The van der Waals surface area contributed by atoms with Crippen LogP contribution in [0.5, 0.6) is 0 Å². The summed E-state index contributed by atoms with van der Waals surface area (Å²) in [5, 5.41) is 9.52. The Morgan fingerprint density at radius 1 is 0.610 bits per heavy atom. The van der Waals surface area contributed by atoms with Crippen molar-refractivity contribution < 1.29 is 86.0 Å². The zero-order valence-corrected chi connectivity index (χ0v) is 48.2. The van der Waals surface area contributed by atoms with E-state index in [9.17, 15) is 47.9 Å². The van der Waals surface area contributed by atoms with Crippen LogP contribution < -0.4 is 10.4 Å². The number of allylic oxidation sites excluding steroid dienone is 16. The molecule has 1 aromatic rings. The van der Waals surface area contributed by atoms with Crippen LogP contribution in [0.3, 0.4) is 0 Å². The number of hydrogen-bond acceptors (Lipinski definition) is 19. The van der Waals surface area contributed by atoms with Gasteiger partial charge in [0.05, 0.1) is 41.6 Å². The van der Waals surface area contributed by atoms with Gasteiger partial charge < -0.3 is 28.4 Å². The number of nitriles is 1. The third kappa shape index (κ3) is 92.1. The van der Waals surface area contributed by atoms with Crippen LogP contribution in [-0.4, -0.2) is 101 Å². The van der Waals surface area contributed by atoms with E-state index in [0.717, 1.165) is 53.2 Å². The van der Waals surface area contributed by atoms with E-state index in [1.54, 1.807) is 24.3 Å². The molecule has 0 bridgehead atoms. The van der Waals surface area contributed by atoms with Gasteiger partial charge in [0.1, 0.15) is 0 Å². The second-order valence-corrected chi connectivity index (χ2v) is 13.8. The van der Waals surface area contributed by atoms with Gasteiger partial charge >= 0.3 is 47.9 Å². The van der Waals surface area contributed by atoms with Crippen LogP contribution in [0.25, 0.3) is 13.2 Å². The molecule has 0 N–H and O–H groups in total. The zero-order chi connectivity index (χ0) is 64.8. The summed E-state index contributed by atoms with van der Waals surface area (Å²) < 4.78 is 25.0. The van der Waals surface area contributed by atoms with Crippen LogP contribution in [0, 0.1) is 23.2 Å². The van der Waals surface area contributed by atoms with Crippen LogP contribution in [0.15, 0.2) is 185 Å². The number of benzene rings is 1. The summed E-state index contributed by atoms with van der Waals surface area (Å²) >= 11 is 0. The number of esters is 7. The lowest BCUT2D eigenvalue weighted by Crippen LogP contribution is -2.19. The molecule has 1 heterocycles. The van der Waals surface area contributed by atoms with Crippen molar-refractivity contribution >= 4 is 78.4 Å². The second-order valence-electron chi connectivity index (χ2n) is 13.8. The number of methoxy groups -OCH3 is 5. The molecule has 3 aliphatic carbocycles. The van der Waals surface area contributed by atoms with Gasteiger partial charge in [0.2, 0.25) is 0 Å². The highest BCUT2D eigenvalue weighted by atomic mass is 16.6. The lowest BCUT2D eigenvalue weighted by atomic mass is 10.1. The molecule has 4 aliphatic rings. The van der Waals surface area contributed by atoms with E-state index in [1.807, 2.05) is 50.0 Å². The normalized spacial score (nSPS) is 10.8. The Morgan fingerprint density at radius 2 is 0.951 bits per heavy atom. The second kappa shape index (κ2) is 72.6. The number of cyclic esters (lactones) is 2. The minimum absolute atomic E-state index is 0.0185. The Labute approximate surface area is 482 Å². The number of rotatable bonds is 7. The standard InChI is InChI=1S/C8H8.C6H8O4.C6H6O4.C6H6O2.C6H8.C5H10O2.C5H6.C5H8.C4H2O3.C4H6O.C4H6.C3H3N.CO2/c1-7-5-3-4-6-8(7)2;2*1-9-5(7)3-4-6(8)10-2;7-5-1-2-6(8)4-3-5;1-2-4-6-5-3-1;1-3-4-5(6)7-2;1-2-4-5-3-1;1-4-5(2)3;5-3-1-2-4(6)7-3;1-3-4(2)5;1-3-4-2;1-2-3-4;2-1-3/h3-6H,1-2H2;3-4H,1-2H3;1-2H3;1-2H,3-4H2;1-4H,5-6H2;3-4H2,1-2H3;1-4H,5H2;4H,1-2H2,3H3;1-2H;3H,1H2,2H3;3-4H,1-2H2;2H,1H2;/b;4-3-;;;;;;;;;;;. The molecule has 0 unspecified atom stereocenters. The smallest absolute Gasteiger partial charge is 0.384 e.